The minimum Gasteiger partial charge on any atom is -0.280 e. The van der Waals surface area contributed by atoms with E-state index in [0.717, 1.165) is 28.1 Å². The number of sulfonamides is 1. The molecule has 4 aromatic rings. The van der Waals surface area contributed by atoms with Crippen molar-refractivity contribution < 1.29 is 8.42 Å². The van der Waals surface area contributed by atoms with E-state index in [9.17, 15) is 8.42 Å². The van der Waals surface area contributed by atoms with Crippen LogP contribution < -0.4 is 4.72 Å². The van der Waals surface area contributed by atoms with E-state index < -0.39 is 10.0 Å². The van der Waals surface area contributed by atoms with Gasteiger partial charge in [-0.2, -0.15) is 5.10 Å². The Morgan fingerprint density at radius 1 is 0.966 bits per heavy atom. The number of rotatable bonds is 4. The fourth-order valence-electron chi connectivity index (χ4n) is 3.45. The molecule has 0 saturated heterocycles. The van der Waals surface area contributed by atoms with Gasteiger partial charge in [-0.1, -0.05) is 24.3 Å². The summed E-state index contributed by atoms with van der Waals surface area (Å²) >= 11 is 0. The monoisotopic (exact) mass is 406 g/mol. The van der Waals surface area contributed by atoms with Crippen molar-refractivity contribution in [3.63, 3.8) is 0 Å². The molecule has 148 valence electrons. The Bertz CT molecular complexity index is 1340. The highest BCUT2D eigenvalue weighted by atomic mass is 32.2. The molecule has 0 aliphatic rings. The van der Waals surface area contributed by atoms with Crippen molar-refractivity contribution in [2.75, 3.05) is 4.72 Å². The molecule has 0 aliphatic heterocycles. The van der Waals surface area contributed by atoms with E-state index >= 15 is 0 Å². The van der Waals surface area contributed by atoms with Crippen molar-refractivity contribution in [2.45, 2.75) is 32.6 Å². The van der Waals surface area contributed by atoms with Crippen LogP contribution in [0.5, 0.6) is 0 Å². The third-order valence-electron chi connectivity index (χ3n) is 4.84. The van der Waals surface area contributed by atoms with E-state index in [4.69, 9.17) is 0 Å². The van der Waals surface area contributed by atoms with Gasteiger partial charge in [0.15, 0.2) is 5.65 Å². The van der Waals surface area contributed by atoms with E-state index in [-0.39, 0.29) is 4.90 Å². The highest BCUT2D eigenvalue weighted by Crippen LogP contribution is 2.29. The minimum absolute atomic E-state index is 0.236. The fraction of sp³-hybridized carbons (Fsp3) is 0.182. The van der Waals surface area contributed by atoms with Gasteiger partial charge >= 0.3 is 0 Å². The van der Waals surface area contributed by atoms with Gasteiger partial charge in [-0.05, 0) is 68.7 Å². The Labute approximate surface area is 170 Å². The van der Waals surface area contributed by atoms with Crippen molar-refractivity contribution in [3.8, 4) is 11.1 Å². The molecule has 6 nitrogen and oxygen atoms in total. The fourth-order valence-corrected chi connectivity index (χ4v) is 4.77. The Balaban J connectivity index is 1.81. The predicted molar refractivity (Wildman–Crippen MR) is 115 cm³/mol. The third-order valence-corrected chi connectivity index (χ3v) is 6.36. The lowest BCUT2D eigenvalue weighted by Crippen LogP contribution is -2.14. The van der Waals surface area contributed by atoms with Gasteiger partial charge in [-0.25, -0.2) is 17.9 Å². The average molecular weight is 407 g/mol. The Morgan fingerprint density at radius 2 is 1.76 bits per heavy atom. The molecule has 2 heterocycles. The van der Waals surface area contributed by atoms with Crippen molar-refractivity contribution in [1.29, 1.82) is 0 Å². The van der Waals surface area contributed by atoms with Crippen LogP contribution in [0.1, 0.15) is 22.5 Å². The van der Waals surface area contributed by atoms with Crippen LogP contribution in [-0.4, -0.2) is 23.0 Å². The second kappa shape index (κ2) is 7.00. The van der Waals surface area contributed by atoms with Gasteiger partial charge in [0.05, 0.1) is 11.1 Å². The van der Waals surface area contributed by atoms with Crippen LogP contribution in [0.4, 0.5) is 5.69 Å². The maximum atomic E-state index is 13.1. The molecule has 0 radical (unpaired) electrons. The molecule has 29 heavy (non-hydrogen) atoms. The molecule has 2 aromatic heterocycles. The Hall–Kier alpha value is -3.19. The van der Waals surface area contributed by atoms with Gasteiger partial charge in [0.2, 0.25) is 0 Å². The third kappa shape index (κ3) is 3.61. The van der Waals surface area contributed by atoms with Crippen LogP contribution in [0.3, 0.4) is 0 Å². The first kappa shape index (κ1) is 19.1. The summed E-state index contributed by atoms with van der Waals surface area (Å²) in [5.41, 5.74) is 6.32. The Kier molecular flexibility index (Phi) is 4.62. The SMILES string of the molecule is Cc1cccc(NS(=O)(=O)c2cc(-c3cnn4c(C)cc(C)nc34)ccc2C)c1. The standard InChI is InChI=1S/C22H22N4O2S/c1-14-6-5-7-19(10-14)25-29(27,28)21-12-18(9-8-15(21)2)20-13-23-26-17(4)11-16(3)24-22(20)26/h5-13,25H,1-4H3. The normalized spacial score (nSPS) is 11.7. The molecule has 4 rings (SSSR count). The van der Waals surface area contributed by atoms with Crippen LogP contribution in [-0.2, 0) is 10.0 Å². The maximum Gasteiger partial charge on any atom is 0.262 e. The molecule has 2 aromatic carbocycles. The number of nitrogens with one attached hydrogen (secondary N) is 1. The number of aromatic nitrogens is 3. The van der Waals surface area contributed by atoms with Gasteiger partial charge < -0.3 is 0 Å². The molecular weight excluding hydrogens is 384 g/mol. The number of benzene rings is 2. The number of nitrogens with zero attached hydrogens (tertiary/aromatic N) is 3. The number of hydrogen-bond acceptors (Lipinski definition) is 4. The zero-order chi connectivity index (χ0) is 20.8. The number of anilines is 1. The molecule has 0 saturated carbocycles. The van der Waals surface area contributed by atoms with Gasteiger partial charge in [0.25, 0.3) is 10.0 Å². The van der Waals surface area contributed by atoms with E-state index in [2.05, 4.69) is 14.8 Å². The van der Waals surface area contributed by atoms with Gasteiger partial charge in [0.1, 0.15) is 0 Å². The summed E-state index contributed by atoms with van der Waals surface area (Å²) in [5.74, 6) is 0. The number of fused-ring (bicyclic) bond motifs is 1. The second-order valence-corrected chi connectivity index (χ2v) is 8.94. The first-order valence-electron chi connectivity index (χ1n) is 9.27. The molecule has 0 amide bonds. The van der Waals surface area contributed by atoms with Crippen molar-refractivity contribution >= 4 is 21.4 Å². The smallest absolute Gasteiger partial charge is 0.262 e. The summed E-state index contributed by atoms with van der Waals surface area (Å²) in [6, 6.07) is 14.6. The van der Waals surface area contributed by atoms with Crippen molar-refractivity contribution in [3.05, 3.63) is 77.2 Å². The molecule has 0 atom stereocenters. The molecule has 0 bridgehead atoms. The van der Waals surface area contributed by atoms with E-state index in [1.54, 1.807) is 35.8 Å². The lowest BCUT2D eigenvalue weighted by molar-refractivity contribution is 0.600. The number of hydrogen-bond donors (Lipinski definition) is 1. The zero-order valence-electron chi connectivity index (χ0n) is 16.8. The minimum atomic E-state index is -3.74. The quantitative estimate of drug-likeness (QED) is 0.544. The highest BCUT2D eigenvalue weighted by Gasteiger charge is 2.19. The first-order valence-corrected chi connectivity index (χ1v) is 10.8. The summed E-state index contributed by atoms with van der Waals surface area (Å²) in [5, 5.41) is 4.42. The topological polar surface area (TPSA) is 76.4 Å². The van der Waals surface area contributed by atoms with Gasteiger partial charge in [0, 0.05) is 22.6 Å². The number of aryl methyl sites for hydroxylation is 4. The van der Waals surface area contributed by atoms with Crippen LogP contribution >= 0.6 is 0 Å². The van der Waals surface area contributed by atoms with E-state index in [1.807, 2.05) is 51.1 Å². The molecule has 0 unspecified atom stereocenters. The molecular formula is C22H22N4O2S. The van der Waals surface area contributed by atoms with Crippen LogP contribution in [0.2, 0.25) is 0 Å². The maximum absolute atomic E-state index is 13.1. The summed E-state index contributed by atoms with van der Waals surface area (Å²) in [6.45, 7) is 7.61. The first-order chi connectivity index (χ1) is 13.7. The summed E-state index contributed by atoms with van der Waals surface area (Å²) in [4.78, 5) is 4.84. The summed E-state index contributed by atoms with van der Waals surface area (Å²) in [6.07, 6.45) is 1.73. The molecule has 0 fully saturated rings. The van der Waals surface area contributed by atoms with E-state index in [1.165, 1.54) is 0 Å². The van der Waals surface area contributed by atoms with Gasteiger partial charge in [-0.3, -0.25) is 4.72 Å². The summed E-state index contributed by atoms with van der Waals surface area (Å²) in [7, 11) is -3.74. The lowest BCUT2D eigenvalue weighted by atomic mass is 10.1. The zero-order valence-corrected chi connectivity index (χ0v) is 17.6. The summed E-state index contributed by atoms with van der Waals surface area (Å²) < 4.78 is 30.6. The van der Waals surface area contributed by atoms with Crippen LogP contribution in [0.15, 0.2) is 59.6 Å². The Morgan fingerprint density at radius 3 is 2.52 bits per heavy atom. The van der Waals surface area contributed by atoms with Gasteiger partial charge in [-0.15, -0.1) is 0 Å². The van der Waals surface area contributed by atoms with Crippen LogP contribution in [0.25, 0.3) is 16.8 Å². The van der Waals surface area contributed by atoms with Crippen LogP contribution in [0, 0.1) is 27.7 Å². The molecule has 1 N–H and O–H groups in total. The molecule has 0 spiro atoms. The highest BCUT2D eigenvalue weighted by molar-refractivity contribution is 7.92. The second-order valence-electron chi connectivity index (χ2n) is 7.29. The largest absolute Gasteiger partial charge is 0.280 e. The van der Waals surface area contributed by atoms with Crippen molar-refractivity contribution in [2.24, 2.45) is 0 Å². The average Bonchev–Trinajstić information content (AvgIpc) is 3.05. The molecule has 0 aliphatic carbocycles. The lowest BCUT2D eigenvalue weighted by Gasteiger charge is -2.12. The predicted octanol–water partition coefficient (Wildman–Crippen LogP) is 4.43. The van der Waals surface area contributed by atoms with Crippen molar-refractivity contribution in [1.82, 2.24) is 14.6 Å². The molecule has 7 heteroatoms. The van der Waals surface area contributed by atoms with E-state index in [0.29, 0.717) is 16.9 Å².